The van der Waals surface area contributed by atoms with Crippen molar-refractivity contribution in [1.29, 1.82) is 0 Å². The van der Waals surface area contributed by atoms with E-state index in [0.29, 0.717) is 24.5 Å². The van der Waals surface area contributed by atoms with Crippen LogP contribution < -0.4 is 10.5 Å². The Morgan fingerprint density at radius 1 is 1.15 bits per heavy atom. The molecule has 0 atom stereocenters. The number of anilines is 1. The molecule has 1 aromatic heterocycles. The molecule has 0 unspecified atom stereocenters. The standard InChI is InChI=1S/C13H10F3N3O/c14-13(15,16)8-4-2-1-3-7(8)12-18-9-5-6-20-10(9)11(17)19-12/h1-4H,5-6H2,(H2,17,18,19). The minimum atomic E-state index is -4.47. The monoisotopic (exact) mass is 281 g/mol. The second kappa shape index (κ2) is 4.36. The zero-order valence-corrected chi connectivity index (χ0v) is 10.2. The van der Waals surface area contributed by atoms with Gasteiger partial charge in [0.25, 0.3) is 0 Å². The molecule has 104 valence electrons. The van der Waals surface area contributed by atoms with Crippen molar-refractivity contribution in [3.63, 3.8) is 0 Å². The number of rotatable bonds is 1. The van der Waals surface area contributed by atoms with Gasteiger partial charge >= 0.3 is 6.18 Å². The summed E-state index contributed by atoms with van der Waals surface area (Å²) in [6.45, 7) is 0.415. The van der Waals surface area contributed by atoms with E-state index in [2.05, 4.69) is 9.97 Å². The van der Waals surface area contributed by atoms with Gasteiger partial charge in [-0.05, 0) is 6.07 Å². The third-order valence-corrected chi connectivity index (χ3v) is 3.02. The number of nitrogens with zero attached hydrogens (tertiary/aromatic N) is 2. The number of alkyl halides is 3. The molecular formula is C13H10F3N3O. The van der Waals surface area contributed by atoms with E-state index in [9.17, 15) is 13.2 Å². The molecule has 1 aliphatic rings. The predicted octanol–water partition coefficient (Wildman–Crippen LogP) is 2.68. The van der Waals surface area contributed by atoms with Gasteiger partial charge in [-0.2, -0.15) is 13.2 Å². The molecule has 0 saturated heterocycles. The van der Waals surface area contributed by atoms with E-state index in [1.165, 1.54) is 18.2 Å². The average molecular weight is 281 g/mol. The zero-order valence-electron chi connectivity index (χ0n) is 10.2. The number of ether oxygens (including phenoxy) is 1. The lowest BCUT2D eigenvalue weighted by atomic mass is 10.1. The lowest BCUT2D eigenvalue weighted by Gasteiger charge is -2.12. The van der Waals surface area contributed by atoms with Gasteiger partial charge in [0.1, 0.15) is 0 Å². The lowest BCUT2D eigenvalue weighted by molar-refractivity contribution is -0.137. The number of benzene rings is 1. The summed E-state index contributed by atoms with van der Waals surface area (Å²) in [5.41, 5.74) is 5.40. The van der Waals surface area contributed by atoms with Crippen LogP contribution in [0.4, 0.5) is 19.0 Å². The molecule has 2 N–H and O–H groups in total. The van der Waals surface area contributed by atoms with Crippen LogP contribution in [0.25, 0.3) is 11.4 Å². The van der Waals surface area contributed by atoms with Crippen molar-refractivity contribution in [1.82, 2.24) is 9.97 Å². The van der Waals surface area contributed by atoms with Crippen LogP contribution in [-0.4, -0.2) is 16.6 Å². The first kappa shape index (κ1) is 12.7. The molecule has 1 aromatic carbocycles. The van der Waals surface area contributed by atoms with E-state index >= 15 is 0 Å². The maximum Gasteiger partial charge on any atom is 0.417 e. The summed E-state index contributed by atoms with van der Waals surface area (Å²) in [6, 6.07) is 5.17. The Kier molecular flexibility index (Phi) is 2.77. The number of hydrogen-bond donors (Lipinski definition) is 1. The number of nitrogen functional groups attached to an aromatic ring is 1. The molecule has 20 heavy (non-hydrogen) atoms. The highest BCUT2D eigenvalue weighted by atomic mass is 19.4. The van der Waals surface area contributed by atoms with Crippen molar-refractivity contribution in [3.05, 3.63) is 35.5 Å². The van der Waals surface area contributed by atoms with Gasteiger partial charge < -0.3 is 10.5 Å². The molecule has 0 fully saturated rings. The SMILES string of the molecule is Nc1nc(-c2ccccc2C(F)(F)F)nc2c1OCC2. The van der Waals surface area contributed by atoms with Crippen molar-refractivity contribution < 1.29 is 17.9 Å². The average Bonchev–Trinajstić information content (AvgIpc) is 2.86. The Balaban J connectivity index is 2.18. The van der Waals surface area contributed by atoms with E-state index in [1.54, 1.807) is 0 Å². The van der Waals surface area contributed by atoms with Crippen molar-refractivity contribution in [2.24, 2.45) is 0 Å². The Labute approximate surface area is 112 Å². The van der Waals surface area contributed by atoms with Crippen molar-refractivity contribution in [3.8, 4) is 17.1 Å². The van der Waals surface area contributed by atoms with Crippen LogP contribution in [0.1, 0.15) is 11.3 Å². The summed E-state index contributed by atoms with van der Waals surface area (Å²) < 4.78 is 44.2. The quantitative estimate of drug-likeness (QED) is 0.873. The molecule has 4 nitrogen and oxygen atoms in total. The van der Waals surface area contributed by atoms with Gasteiger partial charge in [0.05, 0.1) is 17.9 Å². The Morgan fingerprint density at radius 2 is 1.90 bits per heavy atom. The number of hydrogen-bond acceptors (Lipinski definition) is 4. The van der Waals surface area contributed by atoms with Gasteiger partial charge in [-0.25, -0.2) is 9.97 Å². The van der Waals surface area contributed by atoms with E-state index in [1.807, 2.05) is 0 Å². The van der Waals surface area contributed by atoms with Crippen molar-refractivity contribution in [2.75, 3.05) is 12.3 Å². The van der Waals surface area contributed by atoms with Gasteiger partial charge in [0.15, 0.2) is 17.4 Å². The summed E-state index contributed by atoms with van der Waals surface area (Å²) in [6.07, 6.45) is -3.95. The van der Waals surface area contributed by atoms with Crippen LogP contribution >= 0.6 is 0 Å². The van der Waals surface area contributed by atoms with E-state index < -0.39 is 11.7 Å². The molecule has 0 saturated carbocycles. The summed E-state index contributed by atoms with van der Waals surface area (Å²) >= 11 is 0. The summed E-state index contributed by atoms with van der Waals surface area (Å²) in [5, 5.41) is 0. The van der Waals surface area contributed by atoms with E-state index in [4.69, 9.17) is 10.5 Å². The summed E-state index contributed by atoms with van der Waals surface area (Å²) in [4.78, 5) is 8.07. The molecule has 2 heterocycles. The maximum atomic E-state index is 13.0. The third-order valence-electron chi connectivity index (χ3n) is 3.02. The summed E-state index contributed by atoms with van der Waals surface area (Å²) in [5.74, 6) is 0.414. The Morgan fingerprint density at radius 3 is 2.65 bits per heavy atom. The fraction of sp³-hybridized carbons (Fsp3) is 0.231. The minimum absolute atomic E-state index is 0.0281. The maximum absolute atomic E-state index is 13.0. The topological polar surface area (TPSA) is 61.0 Å². The number of fused-ring (bicyclic) bond motifs is 1. The smallest absolute Gasteiger partial charge is 0.417 e. The van der Waals surface area contributed by atoms with Gasteiger partial charge in [0, 0.05) is 12.0 Å². The van der Waals surface area contributed by atoms with Crippen molar-refractivity contribution >= 4 is 5.82 Å². The van der Waals surface area contributed by atoms with Crippen molar-refractivity contribution in [2.45, 2.75) is 12.6 Å². The van der Waals surface area contributed by atoms with Gasteiger partial charge in [-0.15, -0.1) is 0 Å². The molecule has 0 bridgehead atoms. The number of halogens is 3. The second-order valence-electron chi connectivity index (χ2n) is 4.35. The highest BCUT2D eigenvalue weighted by Crippen LogP contribution is 2.37. The van der Waals surface area contributed by atoms with Gasteiger partial charge in [0.2, 0.25) is 0 Å². The molecular weight excluding hydrogens is 271 g/mol. The first-order valence-corrected chi connectivity index (χ1v) is 5.92. The van der Waals surface area contributed by atoms with E-state index in [0.717, 1.165) is 6.07 Å². The third kappa shape index (κ3) is 2.04. The first-order valence-electron chi connectivity index (χ1n) is 5.92. The van der Waals surface area contributed by atoms with Crippen LogP contribution in [0.5, 0.6) is 5.75 Å². The van der Waals surface area contributed by atoms with Gasteiger partial charge in [-0.3, -0.25) is 0 Å². The fourth-order valence-corrected chi connectivity index (χ4v) is 2.14. The Bertz CT molecular complexity index is 670. The number of aromatic nitrogens is 2. The molecule has 1 aliphatic heterocycles. The Hall–Kier alpha value is -2.31. The predicted molar refractivity (Wildman–Crippen MR) is 66.1 cm³/mol. The highest BCUT2D eigenvalue weighted by molar-refractivity contribution is 5.65. The van der Waals surface area contributed by atoms with Crippen LogP contribution in [0.3, 0.4) is 0 Å². The molecule has 3 rings (SSSR count). The van der Waals surface area contributed by atoms with Crippen LogP contribution in [-0.2, 0) is 12.6 Å². The molecule has 0 spiro atoms. The molecule has 2 aromatic rings. The van der Waals surface area contributed by atoms with Crippen LogP contribution in [0.2, 0.25) is 0 Å². The number of nitrogens with two attached hydrogens (primary N) is 1. The summed E-state index contributed by atoms with van der Waals surface area (Å²) in [7, 11) is 0. The molecule has 0 aliphatic carbocycles. The zero-order chi connectivity index (χ0) is 14.3. The first-order chi connectivity index (χ1) is 9.47. The highest BCUT2D eigenvalue weighted by Gasteiger charge is 2.34. The van der Waals surface area contributed by atoms with Gasteiger partial charge in [-0.1, -0.05) is 18.2 Å². The molecule has 7 heteroatoms. The fourth-order valence-electron chi connectivity index (χ4n) is 2.14. The molecule has 0 radical (unpaired) electrons. The van der Waals surface area contributed by atoms with E-state index in [-0.39, 0.29) is 17.2 Å². The van der Waals surface area contributed by atoms with Crippen LogP contribution in [0, 0.1) is 0 Å². The normalized spacial score (nSPS) is 13.9. The molecule has 0 amide bonds. The van der Waals surface area contributed by atoms with Crippen LogP contribution in [0.15, 0.2) is 24.3 Å². The lowest BCUT2D eigenvalue weighted by Crippen LogP contribution is -2.09. The minimum Gasteiger partial charge on any atom is -0.487 e. The second-order valence-corrected chi connectivity index (χ2v) is 4.35. The largest absolute Gasteiger partial charge is 0.487 e.